The molecule has 194 valence electrons. The lowest BCUT2D eigenvalue weighted by molar-refractivity contribution is -0.0690. The molecule has 0 atom stereocenters. The molecule has 0 saturated heterocycles. The quantitative estimate of drug-likeness (QED) is 0.257. The van der Waals surface area contributed by atoms with Crippen molar-refractivity contribution in [1.82, 2.24) is 24.6 Å². The van der Waals surface area contributed by atoms with E-state index in [1.807, 2.05) is 0 Å². The van der Waals surface area contributed by atoms with Gasteiger partial charge in [0.1, 0.15) is 35.2 Å². The van der Waals surface area contributed by atoms with Crippen molar-refractivity contribution in [2.24, 2.45) is 0 Å². The molecular weight excluding hydrogens is 504 g/mol. The lowest BCUT2D eigenvalue weighted by atomic mass is 9.89. The minimum atomic E-state index is -4.63. The maximum absolute atomic E-state index is 14.9. The van der Waals surface area contributed by atoms with Crippen LogP contribution in [0.15, 0.2) is 41.3 Å². The zero-order valence-corrected chi connectivity index (χ0v) is 20.0. The van der Waals surface area contributed by atoms with Crippen molar-refractivity contribution in [3.8, 4) is 17.1 Å². The Balaban J connectivity index is 1.54. The fourth-order valence-electron chi connectivity index (χ4n) is 5.50. The molecule has 3 aromatic rings. The Labute approximate surface area is 212 Å². The fourth-order valence-corrected chi connectivity index (χ4v) is 5.50. The minimum Gasteiger partial charge on any atom is -0.493 e. The summed E-state index contributed by atoms with van der Waals surface area (Å²) in [6.45, 7) is 2.22. The Kier molecular flexibility index (Phi) is 4.78. The largest absolute Gasteiger partial charge is 0.493 e. The van der Waals surface area contributed by atoms with Gasteiger partial charge in [0, 0.05) is 53.0 Å². The number of H-pyrrole nitrogens is 2. The van der Waals surface area contributed by atoms with Gasteiger partial charge in [-0.1, -0.05) is 6.08 Å². The van der Waals surface area contributed by atoms with Gasteiger partial charge in [0.25, 0.3) is 0 Å². The van der Waals surface area contributed by atoms with Gasteiger partial charge in [-0.2, -0.15) is 18.3 Å². The summed E-state index contributed by atoms with van der Waals surface area (Å²) in [5, 5.41) is 10.6. The maximum Gasteiger partial charge on any atom is 0.416 e. The molecule has 0 saturated carbocycles. The van der Waals surface area contributed by atoms with Crippen molar-refractivity contribution in [3.05, 3.63) is 70.8 Å². The van der Waals surface area contributed by atoms with Crippen LogP contribution in [0, 0.1) is 12.7 Å². The molecule has 0 radical (unpaired) electrons. The number of nitrogens with zero attached hydrogens (tertiary/aromatic N) is 3. The SMILES string of the molecule is Cc1oc2c3c1CC=C(C(F)(F)F)c3c1ncc[nH]c-1c(NCc1c(F)ccc3c1CCO3)n1cn[nH]c21. The van der Waals surface area contributed by atoms with Gasteiger partial charge in [0.15, 0.2) is 11.2 Å². The molecule has 3 N–H and O–H groups in total. The Morgan fingerprint density at radius 1 is 1.21 bits per heavy atom. The molecule has 8 nitrogen and oxygen atoms in total. The predicted molar refractivity (Wildman–Crippen MR) is 131 cm³/mol. The number of halogens is 4. The van der Waals surface area contributed by atoms with Crippen molar-refractivity contribution < 1.29 is 26.7 Å². The molecule has 0 amide bonds. The number of hydrogen-bond donors (Lipinski definition) is 3. The first-order valence-electron chi connectivity index (χ1n) is 12.0. The summed E-state index contributed by atoms with van der Waals surface area (Å²) in [5.74, 6) is 1.05. The van der Waals surface area contributed by atoms with Crippen molar-refractivity contribution in [2.75, 3.05) is 11.9 Å². The molecule has 0 spiro atoms. The van der Waals surface area contributed by atoms with E-state index in [1.165, 1.54) is 30.9 Å². The van der Waals surface area contributed by atoms with Crippen LogP contribution in [0.3, 0.4) is 0 Å². The summed E-state index contributed by atoms with van der Waals surface area (Å²) >= 11 is 0. The number of aryl methyl sites for hydroxylation is 1. The molecule has 4 aliphatic rings. The lowest BCUT2D eigenvalue weighted by Gasteiger charge is -2.22. The highest BCUT2D eigenvalue weighted by Gasteiger charge is 2.41. The van der Waals surface area contributed by atoms with Crippen LogP contribution in [0.4, 0.5) is 23.4 Å². The molecule has 0 fully saturated rings. The summed E-state index contributed by atoms with van der Waals surface area (Å²) in [7, 11) is 0. The smallest absolute Gasteiger partial charge is 0.416 e. The van der Waals surface area contributed by atoms with Gasteiger partial charge in [0.05, 0.1) is 17.9 Å². The van der Waals surface area contributed by atoms with E-state index in [0.29, 0.717) is 52.5 Å². The third kappa shape index (κ3) is 3.22. The third-order valence-corrected chi connectivity index (χ3v) is 7.17. The fraction of sp³-hybridized carbons (Fsp3) is 0.231. The number of aromatic amines is 2. The summed E-state index contributed by atoms with van der Waals surface area (Å²) in [5.41, 5.74) is 1.87. The second-order valence-electron chi connectivity index (χ2n) is 9.23. The Morgan fingerprint density at radius 2 is 2.08 bits per heavy atom. The first kappa shape index (κ1) is 22.7. The molecule has 0 unspecified atom stereocenters. The second-order valence-corrected chi connectivity index (χ2v) is 9.23. The Hall–Kier alpha value is -4.48. The van der Waals surface area contributed by atoms with Crippen LogP contribution in [0.25, 0.3) is 33.6 Å². The van der Waals surface area contributed by atoms with Gasteiger partial charge in [-0.05, 0) is 25.5 Å². The normalized spacial score (nSPS) is 14.6. The number of rotatable bonds is 3. The number of aromatic nitrogens is 5. The van der Waals surface area contributed by atoms with Crippen LogP contribution in [0.2, 0.25) is 0 Å². The molecule has 12 heteroatoms. The highest BCUT2D eigenvalue weighted by molar-refractivity contribution is 6.06. The monoisotopic (exact) mass is 524 g/mol. The number of ether oxygens (including phenoxy) is 1. The van der Waals surface area contributed by atoms with Crippen molar-refractivity contribution in [1.29, 1.82) is 0 Å². The zero-order chi connectivity index (χ0) is 26.2. The molecule has 1 aromatic carbocycles. The average Bonchev–Trinajstić information content (AvgIpc) is 3.63. The maximum atomic E-state index is 14.9. The van der Waals surface area contributed by atoms with Crippen molar-refractivity contribution in [2.45, 2.75) is 32.5 Å². The van der Waals surface area contributed by atoms with Crippen molar-refractivity contribution in [3.63, 3.8) is 0 Å². The summed E-state index contributed by atoms with van der Waals surface area (Å²) < 4.78 is 71.3. The molecule has 38 heavy (non-hydrogen) atoms. The average molecular weight is 524 g/mol. The molecule has 7 rings (SSSR count). The number of nitrogens with one attached hydrogen (secondary N) is 3. The van der Waals surface area contributed by atoms with Crippen LogP contribution in [-0.2, 0) is 19.4 Å². The Morgan fingerprint density at radius 3 is 2.92 bits per heavy atom. The topological polar surface area (TPSA) is 96.2 Å². The van der Waals surface area contributed by atoms with Gasteiger partial charge in [-0.3, -0.25) is 14.5 Å². The van der Waals surface area contributed by atoms with E-state index in [-0.39, 0.29) is 35.5 Å². The number of benzene rings is 1. The van der Waals surface area contributed by atoms with Crippen LogP contribution in [0.1, 0.15) is 28.0 Å². The number of fused-ring (bicyclic) bond motifs is 5. The van der Waals surface area contributed by atoms with Gasteiger partial charge in [0.2, 0.25) is 0 Å². The summed E-state index contributed by atoms with van der Waals surface area (Å²) in [6, 6.07) is 2.95. The number of alkyl halides is 3. The van der Waals surface area contributed by atoms with E-state index >= 15 is 0 Å². The molecular formula is C26H20F4N6O2. The highest BCUT2D eigenvalue weighted by atomic mass is 19.4. The third-order valence-electron chi connectivity index (χ3n) is 7.17. The van der Waals surface area contributed by atoms with Gasteiger partial charge in [-0.25, -0.2) is 4.39 Å². The zero-order valence-electron chi connectivity index (χ0n) is 20.0. The highest BCUT2D eigenvalue weighted by Crippen LogP contribution is 2.47. The standard InChI is InChI=1S/C26H20F4N6O2/c1-12-13-2-3-16(26(28,29)30)20-19(13)23(38-12)25-35-34-11-36(25)24(22-21(20)31-7-8-32-22)33-10-15-14-6-9-37-18(14)5-4-17(15)27/h3-5,7-8,11,32-33,35H,2,6,9-10H2,1H3. The minimum absolute atomic E-state index is 0.0418. The van der Waals surface area contributed by atoms with Crippen LogP contribution in [0.5, 0.6) is 5.75 Å². The van der Waals surface area contributed by atoms with E-state index in [2.05, 4.69) is 25.5 Å². The molecule has 5 heterocycles. The van der Waals surface area contributed by atoms with Crippen LogP contribution >= 0.6 is 0 Å². The van der Waals surface area contributed by atoms with E-state index < -0.39 is 17.6 Å². The van der Waals surface area contributed by atoms with Crippen LogP contribution in [-0.4, -0.2) is 37.3 Å². The van der Waals surface area contributed by atoms with Gasteiger partial charge >= 0.3 is 6.18 Å². The van der Waals surface area contributed by atoms with E-state index in [1.54, 1.807) is 17.4 Å². The van der Waals surface area contributed by atoms with Crippen LogP contribution < -0.4 is 10.1 Å². The first-order valence-corrected chi connectivity index (χ1v) is 12.0. The van der Waals surface area contributed by atoms with Crippen molar-refractivity contribution >= 4 is 28.0 Å². The van der Waals surface area contributed by atoms with E-state index in [9.17, 15) is 17.6 Å². The number of anilines is 1. The molecule has 2 aromatic heterocycles. The molecule has 0 bridgehead atoms. The number of allylic oxidation sites excluding steroid dienone is 2. The Bertz CT molecular complexity index is 1800. The molecule has 1 aliphatic carbocycles. The number of hydrogen-bond acceptors (Lipinski definition) is 5. The first-order chi connectivity index (χ1) is 18.3. The van der Waals surface area contributed by atoms with Gasteiger partial charge in [-0.15, -0.1) is 0 Å². The second kappa shape index (κ2) is 8.01. The predicted octanol–water partition coefficient (Wildman–Crippen LogP) is 5.86. The summed E-state index contributed by atoms with van der Waals surface area (Å²) in [6.07, 6.45) is 1.58. The van der Waals surface area contributed by atoms with Gasteiger partial charge < -0.3 is 19.5 Å². The number of furan rings is 1. The van der Waals surface area contributed by atoms with E-state index in [4.69, 9.17) is 9.15 Å². The summed E-state index contributed by atoms with van der Waals surface area (Å²) in [4.78, 5) is 7.48. The lowest BCUT2D eigenvalue weighted by Crippen LogP contribution is -2.16. The molecule has 3 aliphatic heterocycles. The van der Waals surface area contributed by atoms with E-state index in [0.717, 1.165) is 5.56 Å².